The minimum absolute atomic E-state index is 0.177. The molecule has 30 heavy (non-hydrogen) atoms. The first kappa shape index (κ1) is 21.4. The van der Waals surface area contributed by atoms with Crippen LogP contribution in [0.2, 0.25) is 0 Å². The Bertz CT molecular complexity index is 1020. The van der Waals surface area contributed by atoms with Crippen LogP contribution < -0.4 is 14.9 Å². The van der Waals surface area contributed by atoms with E-state index in [-0.39, 0.29) is 11.7 Å². The molecule has 0 spiro atoms. The number of hydrogen-bond acceptors (Lipinski definition) is 7. The number of hydrazone groups is 1. The second-order valence-corrected chi connectivity index (χ2v) is 7.06. The number of benzene rings is 2. The summed E-state index contributed by atoms with van der Waals surface area (Å²) in [5.74, 6) is 1.95. The van der Waals surface area contributed by atoms with Crippen molar-refractivity contribution in [3.63, 3.8) is 0 Å². The van der Waals surface area contributed by atoms with E-state index >= 15 is 0 Å². The first-order valence-corrected chi connectivity index (χ1v) is 10.3. The lowest BCUT2D eigenvalue weighted by Gasteiger charge is -2.07. The molecule has 1 aromatic heterocycles. The van der Waals surface area contributed by atoms with E-state index in [1.807, 2.05) is 47.9 Å². The van der Waals surface area contributed by atoms with E-state index in [1.54, 1.807) is 32.6 Å². The fourth-order valence-corrected chi connectivity index (χ4v) is 3.55. The predicted molar refractivity (Wildman–Crippen MR) is 117 cm³/mol. The third-order valence-electron chi connectivity index (χ3n) is 4.21. The Hall–Kier alpha value is -3.33. The Morgan fingerprint density at radius 2 is 1.90 bits per heavy atom. The highest BCUT2D eigenvalue weighted by molar-refractivity contribution is 7.99. The van der Waals surface area contributed by atoms with Gasteiger partial charge in [-0.1, -0.05) is 42.1 Å². The Balaban J connectivity index is 1.58. The molecule has 156 valence electrons. The van der Waals surface area contributed by atoms with Gasteiger partial charge in [0.25, 0.3) is 5.91 Å². The fourth-order valence-electron chi connectivity index (χ4n) is 2.76. The molecule has 0 fully saturated rings. The van der Waals surface area contributed by atoms with Gasteiger partial charge in [0.05, 0.1) is 26.2 Å². The van der Waals surface area contributed by atoms with E-state index in [0.29, 0.717) is 23.2 Å². The maximum atomic E-state index is 12.2. The number of carbonyl (C=O) groups excluding carboxylic acids is 1. The van der Waals surface area contributed by atoms with Crippen LogP contribution in [0.1, 0.15) is 12.5 Å². The third-order valence-corrected chi connectivity index (χ3v) is 5.17. The van der Waals surface area contributed by atoms with Crippen LogP contribution in [0.25, 0.3) is 11.4 Å². The normalized spacial score (nSPS) is 10.9. The molecule has 0 aliphatic rings. The molecule has 0 saturated carbocycles. The Morgan fingerprint density at radius 1 is 1.13 bits per heavy atom. The van der Waals surface area contributed by atoms with Crippen molar-refractivity contribution < 1.29 is 14.3 Å². The highest BCUT2D eigenvalue weighted by Crippen LogP contribution is 2.27. The zero-order valence-corrected chi connectivity index (χ0v) is 17.8. The van der Waals surface area contributed by atoms with Gasteiger partial charge in [-0.25, -0.2) is 5.43 Å². The van der Waals surface area contributed by atoms with Gasteiger partial charge in [0.2, 0.25) is 0 Å². The van der Waals surface area contributed by atoms with Gasteiger partial charge in [0.1, 0.15) is 0 Å². The van der Waals surface area contributed by atoms with Crippen molar-refractivity contribution in [3.8, 4) is 22.9 Å². The SMILES string of the molecule is CCn1c(SCC(=O)N/N=C/c2ccc(OC)c(OC)c2)nnc1-c1ccccc1. The lowest BCUT2D eigenvalue weighted by molar-refractivity contribution is -0.118. The Labute approximate surface area is 179 Å². The number of aromatic nitrogens is 3. The van der Waals surface area contributed by atoms with E-state index in [9.17, 15) is 4.79 Å². The molecule has 3 rings (SSSR count). The average Bonchev–Trinajstić information content (AvgIpc) is 3.21. The monoisotopic (exact) mass is 425 g/mol. The van der Waals surface area contributed by atoms with Crippen molar-refractivity contribution >= 4 is 23.9 Å². The van der Waals surface area contributed by atoms with Crippen molar-refractivity contribution in [3.05, 3.63) is 54.1 Å². The Morgan fingerprint density at radius 3 is 2.60 bits per heavy atom. The number of hydrogen-bond donors (Lipinski definition) is 1. The number of thioether (sulfide) groups is 1. The van der Waals surface area contributed by atoms with Crippen LogP contribution in [0, 0.1) is 0 Å². The number of rotatable bonds is 9. The summed E-state index contributed by atoms with van der Waals surface area (Å²) in [5.41, 5.74) is 4.29. The van der Waals surface area contributed by atoms with Gasteiger partial charge in [0, 0.05) is 12.1 Å². The lowest BCUT2D eigenvalue weighted by Crippen LogP contribution is -2.20. The van der Waals surface area contributed by atoms with Crippen LogP contribution in [0.4, 0.5) is 0 Å². The highest BCUT2D eigenvalue weighted by atomic mass is 32.2. The van der Waals surface area contributed by atoms with E-state index in [0.717, 1.165) is 17.0 Å². The maximum absolute atomic E-state index is 12.2. The maximum Gasteiger partial charge on any atom is 0.250 e. The van der Waals surface area contributed by atoms with Crippen LogP contribution in [-0.2, 0) is 11.3 Å². The molecule has 2 aromatic carbocycles. The summed E-state index contributed by atoms with van der Waals surface area (Å²) in [5, 5.41) is 13.2. The average molecular weight is 426 g/mol. The number of carbonyl (C=O) groups is 1. The minimum Gasteiger partial charge on any atom is -0.493 e. The molecule has 0 unspecified atom stereocenters. The second-order valence-electron chi connectivity index (χ2n) is 6.11. The van der Waals surface area contributed by atoms with Gasteiger partial charge in [-0.3, -0.25) is 4.79 Å². The van der Waals surface area contributed by atoms with Gasteiger partial charge in [-0.05, 0) is 30.7 Å². The summed E-state index contributed by atoms with van der Waals surface area (Å²) in [7, 11) is 3.14. The topological polar surface area (TPSA) is 90.6 Å². The molecule has 0 aliphatic carbocycles. The largest absolute Gasteiger partial charge is 0.493 e. The lowest BCUT2D eigenvalue weighted by atomic mass is 10.2. The zero-order valence-electron chi connectivity index (χ0n) is 17.0. The first-order chi connectivity index (χ1) is 14.7. The summed E-state index contributed by atoms with van der Waals surface area (Å²) >= 11 is 1.32. The van der Waals surface area contributed by atoms with Crippen LogP contribution >= 0.6 is 11.8 Å². The van der Waals surface area contributed by atoms with Crippen molar-refractivity contribution in [2.75, 3.05) is 20.0 Å². The number of ether oxygens (including phenoxy) is 2. The molecule has 3 aromatic rings. The Kier molecular flexibility index (Phi) is 7.45. The predicted octanol–water partition coefficient (Wildman–Crippen LogP) is 3.22. The van der Waals surface area contributed by atoms with E-state index in [4.69, 9.17) is 9.47 Å². The van der Waals surface area contributed by atoms with E-state index < -0.39 is 0 Å². The van der Waals surface area contributed by atoms with Crippen molar-refractivity contribution in [2.24, 2.45) is 5.10 Å². The van der Waals surface area contributed by atoms with Gasteiger partial charge >= 0.3 is 0 Å². The van der Waals surface area contributed by atoms with Crippen molar-refractivity contribution in [2.45, 2.75) is 18.6 Å². The van der Waals surface area contributed by atoms with Crippen LogP contribution in [0.3, 0.4) is 0 Å². The molecule has 0 radical (unpaired) electrons. The molecular weight excluding hydrogens is 402 g/mol. The van der Waals surface area contributed by atoms with Crippen molar-refractivity contribution in [1.29, 1.82) is 0 Å². The van der Waals surface area contributed by atoms with E-state index in [1.165, 1.54) is 11.8 Å². The molecular formula is C21H23N5O3S. The summed E-state index contributed by atoms with van der Waals surface area (Å²) in [6.07, 6.45) is 1.55. The summed E-state index contributed by atoms with van der Waals surface area (Å²) in [6, 6.07) is 15.2. The number of nitrogens with zero attached hydrogens (tertiary/aromatic N) is 4. The summed E-state index contributed by atoms with van der Waals surface area (Å²) < 4.78 is 12.4. The zero-order chi connectivity index (χ0) is 21.3. The standard InChI is InChI=1S/C21H23N5O3S/c1-4-26-20(16-8-6-5-7-9-16)24-25-21(26)30-14-19(27)23-22-13-15-10-11-17(28-2)18(12-15)29-3/h5-13H,4,14H2,1-3H3,(H,23,27)/b22-13+. The second kappa shape index (κ2) is 10.4. The van der Waals surface area contributed by atoms with Crippen LogP contribution in [0.15, 0.2) is 58.8 Å². The molecule has 8 nitrogen and oxygen atoms in total. The van der Waals surface area contributed by atoms with Crippen LogP contribution in [-0.4, -0.2) is 46.9 Å². The highest BCUT2D eigenvalue weighted by Gasteiger charge is 2.14. The van der Waals surface area contributed by atoms with Gasteiger partial charge < -0.3 is 14.0 Å². The molecule has 0 bridgehead atoms. The first-order valence-electron chi connectivity index (χ1n) is 9.31. The summed E-state index contributed by atoms with van der Waals surface area (Å²) in [4.78, 5) is 12.2. The third kappa shape index (κ3) is 5.18. The molecule has 1 amide bonds. The smallest absolute Gasteiger partial charge is 0.250 e. The molecule has 1 N–H and O–H groups in total. The molecule has 0 aliphatic heterocycles. The number of methoxy groups -OCH3 is 2. The fraction of sp³-hybridized carbons (Fsp3) is 0.238. The molecule has 9 heteroatoms. The molecule has 0 saturated heterocycles. The van der Waals surface area contributed by atoms with Gasteiger partial charge in [-0.2, -0.15) is 5.10 Å². The number of nitrogens with one attached hydrogen (secondary N) is 1. The molecule has 1 heterocycles. The summed E-state index contributed by atoms with van der Waals surface area (Å²) in [6.45, 7) is 2.73. The van der Waals surface area contributed by atoms with Crippen LogP contribution in [0.5, 0.6) is 11.5 Å². The minimum atomic E-state index is -0.233. The number of amides is 1. The van der Waals surface area contributed by atoms with Gasteiger partial charge in [0.15, 0.2) is 22.5 Å². The van der Waals surface area contributed by atoms with Crippen molar-refractivity contribution in [1.82, 2.24) is 20.2 Å². The molecule has 0 atom stereocenters. The van der Waals surface area contributed by atoms with Gasteiger partial charge in [-0.15, -0.1) is 10.2 Å². The quantitative estimate of drug-likeness (QED) is 0.322. The van der Waals surface area contributed by atoms with E-state index in [2.05, 4.69) is 20.7 Å².